The number of aryl methyl sites for hydroxylation is 1. The van der Waals surface area contributed by atoms with E-state index in [1.54, 1.807) is 10.9 Å². The summed E-state index contributed by atoms with van der Waals surface area (Å²) in [4.78, 5) is 4.40. The van der Waals surface area contributed by atoms with Crippen LogP contribution in [0.2, 0.25) is 0 Å². The van der Waals surface area contributed by atoms with Gasteiger partial charge in [0.2, 0.25) is 0 Å². The maximum absolute atomic E-state index is 4.40. The second-order valence-electron chi connectivity index (χ2n) is 4.08. The Bertz CT molecular complexity index is 516. The monoisotopic (exact) mass is 242 g/mol. The molecule has 1 N–H and O–H groups in total. The van der Waals surface area contributed by atoms with E-state index >= 15 is 0 Å². The Kier molecular flexibility index (Phi) is 4.25. The number of aromatic nitrogens is 3. The summed E-state index contributed by atoms with van der Waals surface area (Å²) in [7, 11) is 0. The first-order chi connectivity index (χ1) is 8.83. The van der Waals surface area contributed by atoms with Crippen LogP contribution >= 0.6 is 0 Å². The Balaban J connectivity index is 1.90. The van der Waals surface area contributed by atoms with E-state index in [0.717, 1.165) is 30.8 Å². The summed E-state index contributed by atoms with van der Waals surface area (Å²) in [5.74, 6) is 0. The van der Waals surface area contributed by atoms with Crippen molar-refractivity contribution in [3.63, 3.8) is 0 Å². The number of hydrogen-bond donors (Lipinski definition) is 1. The Morgan fingerprint density at radius 3 is 3.06 bits per heavy atom. The molecule has 2 aromatic rings. The predicted octanol–water partition coefficient (Wildman–Crippen LogP) is 2.23. The molecule has 0 radical (unpaired) electrons. The highest BCUT2D eigenvalue weighted by Crippen LogP contribution is 2.06. The Morgan fingerprint density at radius 2 is 2.33 bits per heavy atom. The van der Waals surface area contributed by atoms with Crippen molar-refractivity contribution < 1.29 is 0 Å². The summed E-state index contributed by atoms with van der Waals surface area (Å²) >= 11 is 0. The van der Waals surface area contributed by atoms with Gasteiger partial charge in [-0.15, -0.1) is 0 Å². The number of nitrogens with zero attached hydrogens (tertiary/aromatic N) is 3. The number of pyridine rings is 1. The predicted molar refractivity (Wildman–Crippen MR) is 72.8 cm³/mol. The van der Waals surface area contributed by atoms with Crippen LogP contribution < -0.4 is 5.32 Å². The molecule has 2 aromatic heterocycles. The van der Waals surface area contributed by atoms with Gasteiger partial charge in [0.25, 0.3) is 0 Å². The lowest BCUT2D eigenvalue weighted by Crippen LogP contribution is -2.14. The zero-order valence-corrected chi connectivity index (χ0v) is 10.6. The molecule has 2 heterocycles. The molecule has 0 atom stereocenters. The van der Waals surface area contributed by atoms with Crippen molar-refractivity contribution >= 4 is 6.20 Å². The van der Waals surface area contributed by atoms with Crippen LogP contribution in [0.1, 0.15) is 23.7 Å². The van der Waals surface area contributed by atoms with E-state index in [-0.39, 0.29) is 0 Å². The summed E-state index contributed by atoms with van der Waals surface area (Å²) in [5.41, 5.74) is 3.56. The lowest BCUT2D eigenvalue weighted by Gasteiger charge is -2.07. The van der Waals surface area contributed by atoms with Crippen LogP contribution in [0.4, 0.5) is 0 Å². The van der Waals surface area contributed by atoms with Crippen molar-refractivity contribution in [2.45, 2.75) is 26.4 Å². The Hall–Kier alpha value is -1.94. The molecule has 0 saturated heterocycles. The second kappa shape index (κ2) is 6.12. The summed E-state index contributed by atoms with van der Waals surface area (Å²) in [5, 5.41) is 7.52. The van der Waals surface area contributed by atoms with Crippen molar-refractivity contribution in [2.75, 3.05) is 0 Å². The second-order valence-corrected chi connectivity index (χ2v) is 4.08. The summed E-state index contributed by atoms with van der Waals surface area (Å²) in [6, 6.07) is 4.11. The van der Waals surface area contributed by atoms with Gasteiger partial charge in [0, 0.05) is 37.2 Å². The molecule has 4 nitrogen and oxygen atoms in total. The molecule has 0 aromatic carbocycles. The van der Waals surface area contributed by atoms with Gasteiger partial charge in [-0.25, -0.2) is 4.68 Å². The quantitative estimate of drug-likeness (QED) is 0.844. The van der Waals surface area contributed by atoms with E-state index in [1.165, 1.54) is 5.56 Å². The first-order valence-electron chi connectivity index (χ1n) is 6.12. The van der Waals surface area contributed by atoms with E-state index in [9.17, 15) is 0 Å². The van der Waals surface area contributed by atoms with Crippen LogP contribution in [0.25, 0.3) is 6.20 Å². The normalized spacial score (nSPS) is 10.5. The maximum Gasteiger partial charge on any atom is 0.0573 e. The highest BCUT2D eigenvalue weighted by Gasteiger charge is 2.01. The van der Waals surface area contributed by atoms with Crippen molar-refractivity contribution in [1.82, 2.24) is 20.1 Å². The first-order valence-corrected chi connectivity index (χ1v) is 6.12. The Morgan fingerprint density at radius 1 is 1.44 bits per heavy atom. The fourth-order valence-electron chi connectivity index (χ4n) is 1.85. The number of nitrogens with one attached hydrogen (secondary N) is 1. The molecule has 0 aliphatic heterocycles. The van der Waals surface area contributed by atoms with Gasteiger partial charge >= 0.3 is 0 Å². The molecular formula is C14H18N4. The van der Waals surface area contributed by atoms with Crippen molar-refractivity contribution in [3.8, 4) is 0 Å². The van der Waals surface area contributed by atoms with E-state index in [2.05, 4.69) is 35.0 Å². The smallest absolute Gasteiger partial charge is 0.0573 e. The minimum Gasteiger partial charge on any atom is -0.307 e. The van der Waals surface area contributed by atoms with Crippen molar-refractivity contribution in [2.24, 2.45) is 0 Å². The Labute approximate surface area is 107 Å². The van der Waals surface area contributed by atoms with Crippen LogP contribution in [-0.4, -0.2) is 14.8 Å². The zero-order chi connectivity index (χ0) is 12.8. The molecule has 0 saturated carbocycles. The molecule has 0 amide bonds. The van der Waals surface area contributed by atoms with Crippen LogP contribution in [-0.2, 0) is 19.5 Å². The zero-order valence-electron chi connectivity index (χ0n) is 10.6. The third-order valence-electron chi connectivity index (χ3n) is 2.83. The molecule has 0 spiro atoms. The number of hydrogen-bond acceptors (Lipinski definition) is 3. The van der Waals surface area contributed by atoms with E-state index in [4.69, 9.17) is 0 Å². The molecule has 0 unspecified atom stereocenters. The van der Waals surface area contributed by atoms with Gasteiger partial charge in [-0.1, -0.05) is 19.6 Å². The lowest BCUT2D eigenvalue weighted by atomic mass is 10.1. The summed E-state index contributed by atoms with van der Waals surface area (Å²) in [6.45, 7) is 7.38. The highest BCUT2D eigenvalue weighted by atomic mass is 15.2. The van der Waals surface area contributed by atoms with E-state index < -0.39 is 0 Å². The first kappa shape index (κ1) is 12.5. The van der Waals surface area contributed by atoms with Gasteiger partial charge in [-0.3, -0.25) is 4.98 Å². The van der Waals surface area contributed by atoms with Crippen molar-refractivity contribution in [1.29, 1.82) is 0 Å². The topological polar surface area (TPSA) is 42.7 Å². The van der Waals surface area contributed by atoms with Gasteiger partial charge in [0.15, 0.2) is 0 Å². The average molecular weight is 242 g/mol. The lowest BCUT2D eigenvalue weighted by molar-refractivity contribution is 0.673. The van der Waals surface area contributed by atoms with Gasteiger partial charge in [0.1, 0.15) is 0 Å². The highest BCUT2D eigenvalue weighted by molar-refractivity contribution is 5.20. The van der Waals surface area contributed by atoms with Gasteiger partial charge < -0.3 is 5.32 Å². The molecule has 4 heteroatoms. The molecule has 0 aliphatic rings. The van der Waals surface area contributed by atoms with Crippen molar-refractivity contribution in [3.05, 3.63) is 54.1 Å². The van der Waals surface area contributed by atoms with Crippen LogP contribution in [0.5, 0.6) is 0 Å². The summed E-state index contributed by atoms with van der Waals surface area (Å²) in [6.07, 6.45) is 8.33. The fourth-order valence-corrected chi connectivity index (χ4v) is 1.85. The molecule has 0 aliphatic carbocycles. The fraction of sp³-hybridized carbons (Fsp3) is 0.286. The van der Waals surface area contributed by atoms with Gasteiger partial charge in [-0.05, 0) is 18.1 Å². The van der Waals surface area contributed by atoms with Crippen LogP contribution in [0.3, 0.4) is 0 Å². The maximum atomic E-state index is 4.40. The minimum absolute atomic E-state index is 0.781. The molecular weight excluding hydrogens is 224 g/mol. The average Bonchev–Trinajstić information content (AvgIpc) is 2.87. The largest absolute Gasteiger partial charge is 0.307 e. The number of rotatable bonds is 6. The molecule has 94 valence electrons. The molecule has 0 bridgehead atoms. The SMILES string of the molecule is C=Cn1cc(CNCc2ncccc2CC)cn1. The minimum atomic E-state index is 0.781. The molecule has 2 rings (SSSR count). The molecule has 0 fully saturated rings. The van der Waals surface area contributed by atoms with Gasteiger partial charge in [-0.2, -0.15) is 5.10 Å². The standard InChI is InChI=1S/C14H18N4/c1-3-13-6-5-7-16-14(13)10-15-8-12-9-17-18(4-2)11-12/h4-7,9,11,15H,2-3,8,10H2,1H3. The summed E-state index contributed by atoms with van der Waals surface area (Å²) < 4.78 is 1.70. The van der Waals surface area contributed by atoms with Crippen LogP contribution in [0.15, 0.2) is 37.3 Å². The van der Waals surface area contributed by atoms with Gasteiger partial charge in [0.05, 0.1) is 11.9 Å². The molecule has 18 heavy (non-hydrogen) atoms. The third-order valence-corrected chi connectivity index (χ3v) is 2.83. The third kappa shape index (κ3) is 3.05. The van der Waals surface area contributed by atoms with E-state index in [0.29, 0.717) is 0 Å². The van der Waals surface area contributed by atoms with Crippen LogP contribution in [0, 0.1) is 0 Å². The van der Waals surface area contributed by atoms with E-state index in [1.807, 2.05) is 24.7 Å².